The summed E-state index contributed by atoms with van der Waals surface area (Å²) in [6, 6.07) is 7.06. The third kappa shape index (κ3) is 3.82. The molecule has 25 heavy (non-hydrogen) atoms. The Morgan fingerprint density at radius 3 is 2.72 bits per heavy atom. The minimum Gasteiger partial charge on any atom is -0.481 e. The molecule has 8 heteroatoms. The molecule has 0 saturated carbocycles. The molecule has 1 aliphatic rings. The number of hydrogen-bond donors (Lipinski definition) is 1. The number of carboxylic acids is 1. The van der Waals surface area contributed by atoms with Crippen molar-refractivity contribution in [2.24, 2.45) is 5.41 Å². The van der Waals surface area contributed by atoms with Crippen LogP contribution in [-0.2, 0) is 16.0 Å². The van der Waals surface area contributed by atoms with E-state index in [4.69, 9.17) is 16.1 Å². The maximum Gasteiger partial charge on any atom is 0.311 e. The highest BCUT2D eigenvalue weighted by atomic mass is 35.5. The number of likely N-dealkylation sites (tertiary alicyclic amines) is 1. The van der Waals surface area contributed by atoms with Gasteiger partial charge in [-0.2, -0.15) is 4.98 Å². The second-order valence-electron chi connectivity index (χ2n) is 6.45. The lowest BCUT2D eigenvalue weighted by molar-refractivity contribution is -0.147. The van der Waals surface area contributed by atoms with E-state index in [9.17, 15) is 14.7 Å². The van der Waals surface area contributed by atoms with Crippen LogP contribution >= 0.6 is 11.6 Å². The fourth-order valence-electron chi connectivity index (χ4n) is 2.79. The number of carbonyl (C=O) groups excluding carboxylic acids is 1. The van der Waals surface area contributed by atoms with Crippen molar-refractivity contribution >= 4 is 23.5 Å². The molecular formula is C17H18ClN3O4. The summed E-state index contributed by atoms with van der Waals surface area (Å²) < 4.78 is 5.18. The third-order valence-corrected chi connectivity index (χ3v) is 4.72. The standard InChI is InChI=1S/C17H18ClN3O4/c1-17(16(23)24)8-9-21(10-17)14(22)7-6-13-19-15(20-25-13)11-2-4-12(18)5-3-11/h2-5H,6-10H2,1H3,(H,23,24)/t17-/m1/s1. The predicted octanol–water partition coefficient (Wildman–Crippen LogP) is 2.65. The first-order chi connectivity index (χ1) is 11.9. The average molecular weight is 364 g/mol. The summed E-state index contributed by atoms with van der Waals surface area (Å²) in [6.07, 6.45) is 0.993. The van der Waals surface area contributed by atoms with Gasteiger partial charge in [0.15, 0.2) is 0 Å². The van der Waals surface area contributed by atoms with Gasteiger partial charge < -0.3 is 14.5 Å². The number of benzene rings is 1. The Morgan fingerprint density at radius 2 is 2.08 bits per heavy atom. The molecule has 1 saturated heterocycles. The second kappa shape index (κ2) is 6.84. The smallest absolute Gasteiger partial charge is 0.311 e. The van der Waals surface area contributed by atoms with E-state index in [1.54, 1.807) is 36.1 Å². The quantitative estimate of drug-likeness (QED) is 0.877. The maximum absolute atomic E-state index is 12.3. The Labute approximate surface area is 149 Å². The number of rotatable bonds is 5. The Hall–Kier alpha value is -2.41. The van der Waals surface area contributed by atoms with Crippen LogP contribution in [0.25, 0.3) is 11.4 Å². The van der Waals surface area contributed by atoms with Crippen LogP contribution in [0.1, 0.15) is 25.7 Å². The van der Waals surface area contributed by atoms with Crippen LogP contribution in [0, 0.1) is 5.41 Å². The molecule has 2 aromatic rings. The van der Waals surface area contributed by atoms with Crippen molar-refractivity contribution in [3.05, 3.63) is 35.2 Å². The number of amides is 1. The molecule has 1 amide bonds. The first-order valence-electron chi connectivity index (χ1n) is 7.97. The van der Waals surface area contributed by atoms with Crippen molar-refractivity contribution in [3.8, 4) is 11.4 Å². The molecule has 0 bridgehead atoms. The summed E-state index contributed by atoms with van der Waals surface area (Å²) in [5, 5.41) is 13.8. The molecule has 3 rings (SSSR count). The zero-order chi connectivity index (χ0) is 18.0. The molecule has 1 aromatic heterocycles. The lowest BCUT2D eigenvalue weighted by Crippen LogP contribution is -2.34. The fourth-order valence-corrected chi connectivity index (χ4v) is 2.92. The first kappa shape index (κ1) is 17.4. The Kier molecular flexibility index (Phi) is 4.76. The van der Waals surface area contributed by atoms with Crippen LogP contribution in [0.4, 0.5) is 0 Å². The van der Waals surface area contributed by atoms with Crippen LogP contribution in [0.15, 0.2) is 28.8 Å². The SMILES string of the molecule is C[C@@]1(C(=O)O)CCN(C(=O)CCc2nc(-c3ccc(Cl)cc3)no2)C1. The van der Waals surface area contributed by atoms with Gasteiger partial charge in [-0.3, -0.25) is 9.59 Å². The predicted molar refractivity (Wildman–Crippen MR) is 90.0 cm³/mol. The highest BCUT2D eigenvalue weighted by molar-refractivity contribution is 6.30. The maximum atomic E-state index is 12.3. The summed E-state index contributed by atoms with van der Waals surface area (Å²) >= 11 is 5.85. The van der Waals surface area contributed by atoms with Gasteiger partial charge in [-0.05, 0) is 37.6 Å². The molecule has 0 aliphatic carbocycles. The van der Waals surface area contributed by atoms with Gasteiger partial charge in [0.25, 0.3) is 0 Å². The normalized spacial score (nSPS) is 20.0. The van der Waals surface area contributed by atoms with Crippen LogP contribution < -0.4 is 0 Å². The highest BCUT2D eigenvalue weighted by Gasteiger charge is 2.41. The summed E-state index contributed by atoms with van der Waals surface area (Å²) in [7, 11) is 0. The van der Waals surface area contributed by atoms with Gasteiger partial charge in [0.2, 0.25) is 17.6 Å². The lowest BCUT2D eigenvalue weighted by atomic mass is 9.90. The van der Waals surface area contributed by atoms with Crippen molar-refractivity contribution in [1.82, 2.24) is 15.0 Å². The van der Waals surface area contributed by atoms with E-state index >= 15 is 0 Å². The van der Waals surface area contributed by atoms with Gasteiger partial charge in [0, 0.05) is 36.5 Å². The molecule has 7 nitrogen and oxygen atoms in total. The van der Waals surface area contributed by atoms with Crippen molar-refractivity contribution in [2.45, 2.75) is 26.2 Å². The monoisotopic (exact) mass is 363 g/mol. The number of nitrogens with zero attached hydrogens (tertiary/aromatic N) is 3. The van der Waals surface area contributed by atoms with E-state index < -0.39 is 11.4 Å². The molecule has 2 heterocycles. The van der Waals surface area contributed by atoms with Crippen LogP contribution in [0.3, 0.4) is 0 Å². The third-order valence-electron chi connectivity index (χ3n) is 4.47. The van der Waals surface area contributed by atoms with Gasteiger partial charge in [0.1, 0.15) is 0 Å². The molecule has 0 radical (unpaired) electrons. The number of aliphatic carboxylic acids is 1. The number of aryl methyl sites for hydroxylation is 1. The molecular weight excluding hydrogens is 346 g/mol. The average Bonchev–Trinajstić information content (AvgIpc) is 3.21. The van der Waals surface area contributed by atoms with E-state index in [1.165, 1.54) is 0 Å². The lowest BCUT2D eigenvalue weighted by Gasteiger charge is -2.19. The summed E-state index contributed by atoms with van der Waals surface area (Å²) in [4.78, 5) is 29.4. The van der Waals surface area contributed by atoms with Gasteiger partial charge in [-0.25, -0.2) is 0 Å². The molecule has 1 fully saturated rings. The van der Waals surface area contributed by atoms with Gasteiger partial charge in [-0.15, -0.1) is 0 Å². The Balaban J connectivity index is 1.57. The van der Waals surface area contributed by atoms with E-state index in [0.29, 0.717) is 36.1 Å². The van der Waals surface area contributed by atoms with Crippen LogP contribution in [-0.4, -0.2) is 45.1 Å². The topological polar surface area (TPSA) is 96.5 Å². The van der Waals surface area contributed by atoms with Gasteiger partial charge in [0.05, 0.1) is 5.41 Å². The number of carboxylic acid groups (broad SMARTS) is 1. The summed E-state index contributed by atoms with van der Waals surface area (Å²) in [5.41, 5.74) is -0.0791. The highest BCUT2D eigenvalue weighted by Crippen LogP contribution is 2.30. The molecule has 1 atom stereocenters. The summed E-state index contributed by atoms with van der Waals surface area (Å²) in [6.45, 7) is 2.36. The van der Waals surface area contributed by atoms with Crippen LogP contribution in [0.2, 0.25) is 5.02 Å². The number of aromatic nitrogens is 2. The number of carbonyl (C=O) groups is 2. The molecule has 132 valence electrons. The zero-order valence-electron chi connectivity index (χ0n) is 13.7. The van der Waals surface area contributed by atoms with Crippen molar-refractivity contribution in [2.75, 3.05) is 13.1 Å². The van der Waals surface area contributed by atoms with E-state index in [-0.39, 0.29) is 18.9 Å². The Morgan fingerprint density at radius 1 is 1.36 bits per heavy atom. The van der Waals surface area contributed by atoms with E-state index in [0.717, 1.165) is 5.56 Å². The largest absolute Gasteiger partial charge is 0.481 e. The first-order valence-corrected chi connectivity index (χ1v) is 8.35. The fraction of sp³-hybridized carbons (Fsp3) is 0.412. The molecule has 1 aliphatic heterocycles. The second-order valence-corrected chi connectivity index (χ2v) is 6.89. The minimum absolute atomic E-state index is 0.101. The van der Waals surface area contributed by atoms with E-state index in [2.05, 4.69) is 10.1 Å². The molecule has 0 spiro atoms. The zero-order valence-corrected chi connectivity index (χ0v) is 14.5. The van der Waals surface area contributed by atoms with E-state index in [1.807, 2.05) is 0 Å². The molecule has 1 aromatic carbocycles. The van der Waals surface area contributed by atoms with Crippen molar-refractivity contribution in [3.63, 3.8) is 0 Å². The van der Waals surface area contributed by atoms with Crippen LogP contribution in [0.5, 0.6) is 0 Å². The Bertz CT molecular complexity index is 789. The number of halogens is 1. The summed E-state index contributed by atoms with van der Waals surface area (Å²) in [5.74, 6) is -0.152. The number of hydrogen-bond acceptors (Lipinski definition) is 5. The van der Waals surface area contributed by atoms with Crippen molar-refractivity contribution < 1.29 is 19.2 Å². The van der Waals surface area contributed by atoms with Crippen molar-refractivity contribution in [1.29, 1.82) is 0 Å². The molecule has 1 N–H and O–H groups in total. The van der Waals surface area contributed by atoms with Gasteiger partial charge in [-0.1, -0.05) is 16.8 Å². The van der Waals surface area contributed by atoms with Gasteiger partial charge >= 0.3 is 5.97 Å². The molecule has 0 unspecified atom stereocenters. The minimum atomic E-state index is -0.868.